The predicted octanol–water partition coefficient (Wildman–Crippen LogP) is 4.40. The van der Waals surface area contributed by atoms with Crippen LogP contribution in [0, 0.1) is 12.7 Å². The molecule has 30 heavy (non-hydrogen) atoms. The molecule has 1 fully saturated rings. The van der Waals surface area contributed by atoms with E-state index in [4.69, 9.17) is 13.9 Å². The molecule has 3 aromatic rings. The van der Waals surface area contributed by atoms with Crippen molar-refractivity contribution in [3.05, 3.63) is 77.5 Å². The molecule has 0 unspecified atom stereocenters. The summed E-state index contributed by atoms with van der Waals surface area (Å²) in [4.78, 5) is 14.8. The van der Waals surface area contributed by atoms with Crippen LogP contribution < -0.4 is 15.0 Å². The number of anilines is 2. The molecule has 1 aliphatic heterocycles. The van der Waals surface area contributed by atoms with E-state index in [9.17, 15) is 9.18 Å². The molecule has 4 rings (SSSR count). The van der Waals surface area contributed by atoms with E-state index in [1.54, 1.807) is 12.1 Å². The molecular formula is C23H23FN2O4. The monoisotopic (exact) mass is 410 g/mol. The first-order chi connectivity index (χ1) is 14.6. The number of carbonyl (C=O) groups excluding carboxylic acids is 1. The predicted molar refractivity (Wildman–Crippen MR) is 112 cm³/mol. The minimum absolute atomic E-state index is 0.145. The van der Waals surface area contributed by atoms with Gasteiger partial charge in [0.1, 0.15) is 23.9 Å². The van der Waals surface area contributed by atoms with Crippen LogP contribution in [0.4, 0.5) is 15.8 Å². The van der Waals surface area contributed by atoms with Crippen molar-refractivity contribution in [2.75, 3.05) is 36.5 Å². The molecule has 0 spiro atoms. The van der Waals surface area contributed by atoms with E-state index in [2.05, 4.69) is 16.3 Å². The molecule has 1 aliphatic rings. The Morgan fingerprint density at radius 1 is 1.10 bits per heavy atom. The summed E-state index contributed by atoms with van der Waals surface area (Å²) in [5.41, 5.74) is 2.82. The maximum Gasteiger partial charge on any atom is 0.291 e. The molecule has 0 saturated carbocycles. The van der Waals surface area contributed by atoms with Crippen molar-refractivity contribution in [3.63, 3.8) is 0 Å². The number of hydrogen-bond donors (Lipinski definition) is 1. The van der Waals surface area contributed by atoms with E-state index in [0.29, 0.717) is 11.5 Å². The van der Waals surface area contributed by atoms with Gasteiger partial charge in [-0.1, -0.05) is 0 Å². The SMILES string of the molecule is Cc1cc(N2CCOCC2)ccc1NC(=O)c1ccc(COc2ccc(F)cc2)o1. The van der Waals surface area contributed by atoms with E-state index in [-0.39, 0.29) is 24.1 Å². The average Bonchev–Trinajstić information content (AvgIpc) is 3.25. The number of furan rings is 1. The van der Waals surface area contributed by atoms with Crippen LogP contribution >= 0.6 is 0 Å². The molecule has 156 valence electrons. The van der Waals surface area contributed by atoms with Gasteiger partial charge in [-0.25, -0.2) is 4.39 Å². The Balaban J connectivity index is 1.36. The van der Waals surface area contributed by atoms with Crippen LogP contribution in [-0.4, -0.2) is 32.2 Å². The first kappa shape index (κ1) is 20.0. The summed E-state index contributed by atoms with van der Waals surface area (Å²) in [5, 5.41) is 2.89. The van der Waals surface area contributed by atoms with E-state index in [0.717, 1.165) is 43.2 Å². The van der Waals surface area contributed by atoms with Crippen LogP contribution in [0.5, 0.6) is 5.75 Å². The number of hydrogen-bond acceptors (Lipinski definition) is 5. The topological polar surface area (TPSA) is 63.9 Å². The summed E-state index contributed by atoms with van der Waals surface area (Å²) in [7, 11) is 0. The minimum atomic E-state index is -0.328. The first-order valence-electron chi connectivity index (χ1n) is 9.80. The second-order valence-electron chi connectivity index (χ2n) is 7.06. The number of nitrogens with zero attached hydrogens (tertiary/aromatic N) is 1. The van der Waals surface area contributed by atoms with Gasteiger partial charge in [-0.3, -0.25) is 4.79 Å². The highest BCUT2D eigenvalue weighted by Gasteiger charge is 2.15. The fourth-order valence-electron chi connectivity index (χ4n) is 3.25. The second kappa shape index (κ2) is 9.00. The van der Waals surface area contributed by atoms with Crippen molar-refractivity contribution < 1.29 is 23.1 Å². The Morgan fingerprint density at radius 3 is 2.60 bits per heavy atom. The molecule has 2 aromatic carbocycles. The van der Waals surface area contributed by atoms with Crippen LogP contribution in [0.1, 0.15) is 21.9 Å². The van der Waals surface area contributed by atoms with Crippen molar-refractivity contribution in [2.45, 2.75) is 13.5 Å². The zero-order valence-electron chi connectivity index (χ0n) is 16.7. The number of halogens is 1. The molecule has 0 bridgehead atoms. The molecule has 0 atom stereocenters. The van der Waals surface area contributed by atoms with Crippen LogP contribution in [0.25, 0.3) is 0 Å². The third-order valence-electron chi connectivity index (χ3n) is 4.91. The Morgan fingerprint density at radius 2 is 1.87 bits per heavy atom. The first-order valence-corrected chi connectivity index (χ1v) is 9.80. The molecule has 0 radical (unpaired) electrons. The van der Waals surface area contributed by atoms with Gasteiger partial charge in [0.25, 0.3) is 5.91 Å². The zero-order chi connectivity index (χ0) is 20.9. The number of carbonyl (C=O) groups is 1. The number of amides is 1. The van der Waals surface area contributed by atoms with Gasteiger partial charge in [0.05, 0.1) is 13.2 Å². The number of ether oxygens (including phenoxy) is 2. The Kier molecular flexibility index (Phi) is 5.99. The third kappa shape index (κ3) is 4.80. The van der Waals surface area contributed by atoms with Gasteiger partial charge < -0.3 is 24.1 Å². The fraction of sp³-hybridized carbons (Fsp3) is 0.261. The highest BCUT2D eigenvalue weighted by Crippen LogP contribution is 2.24. The van der Waals surface area contributed by atoms with Gasteiger partial charge in [-0.15, -0.1) is 0 Å². The van der Waals surface area contributed by atoms with Gasteiger partial charge in [0.2, 0.25) is 0 Å². The summed E-state index contributed by atoms with van der Waals surface area (Å²) in [5.74, 6) is 0.570. The molecule has 0 aliphatic carbocycles. The highest BCUT2D eigenvalue weighted by molar-refractivity contribution is 6.02. The Bertz CT molecular complexity index is 1010. The highest BCUT2D eigenvalue weighted by atomic mass is 19.1. The maximum atomic E-state index is 12.9. The van der Waals surface area contributed by atoms with E-state index in [1.165, 1.54) is 24.3 Å². The smallest absolute Gasteiger partial charge is 0.291 e. The largest absolute Gasteiger partial charge is 0.486 e. The lowest BCUT2D eigenvalue weighted by molar-refractivity contribution is 0.0992. The number of rotatable bonds is 6. The lowest BCUT2D eigenvalue weighted by Crippen LogP contribution is -2.36. The van der Waals surface area contributed by atoms with Crippen molar-refractivity contribution in [1.29, 1.82) is 0 Å². The summed E-state index contributed by atoms with van der Waals surface area (Å²) in [6.45, 7) is 5.28. The summed E-state index contributed by atoms with van der Waals surface area (Å²) in [6.07, 6.45) is 0. The fourth-order valence-corrected chi connectivity index (χ4v) is 3.25. The van der Waals surface area contributed by atoms with E-state index < -0.39 is 0 Å². The molecular weight excluding hydrogens is 387 g/mol. The Hall–Kier alpha value is -3.32. The quantitative estimate of drug-likeness (QED) is 0.653. The normalized spacial score (nSPS) is 13.9. The average molecular weight is 410 g/mol. The summed E-state index contributed by atoms with van der Waals surface area (Å²) in [6, 6.07) is 15.0. The van der Waals surface area contributed by atoms with Crippen LogP contribution in [0.3, 0.4) is 0 Å². The molecule has 6 nitrogen and oxygen atoms in total. The third-order valence-corrected chi connectivity index (χ3v) is 4.91. The molecule has 1 N–H and O–H groups in total. The van der Waals surface area contributed by atoms with Crippen LogP contribution in [0.2, 0.25) is 0 Å². The Labute approximate surface area is 174 Å². The number of nitrogens with one attached hydrogen (secondary N) is 1. The number of morpholine rings is 1. The van der Waals surface area contributed by atoms with Crippen molar-refractivity contribution in [1.82, 2.24) is 0 Å². The second-order valence-corrected chi connectivity index (χ2v) is 7.06. The van der Waals surface area contributed by atoms with Gasteiger partial charge >= 0.3 is 0 Å². The van der Waals surface area contributed by atoms with Gasteiger partial charge in [0.15, 0.2) is 5.76 Å². The van der Waals surface area contributed by atoms with Gasteiger partial charge in [0, 0.05) is 24.5 Å². The summed E-state index contributed by atoms with van der Waals surface area (Å²) < 4.78 is 29.5. The molecule has 1 saturated heterocycles. The standard InChI is InChI=1S/C23H23FN2O4/c1-16-14-18(26-10-12-28-13-11-26)4-8-21(16)25-23(27)22-9-7-20(30-22)15-29-19-5-2-17(24)3-6-19/h2-9,14H,10-13,15H2,1H3,(H,25,27). The van der Waals surface area contributed by atoms with E-state index in [1.807, 2.05) is 19.1 Å². The summed E-state index contributed by atoms with van der Waals surface area (Å²) >= 11 is 0. The van der Waals surface area contributed by atoms with Crippen LogP contribution in [0.15, 0.2) is 59.0 Å². The van der Waals surface area contributed by atoms with Gasteiger partial charge in [-0.05, 0) is 67.1 Å². The molecule has 2 heterocycles. The van der Waals surface area contributed by atoms with Gasteiger partial charge in [-0.2, -0.15) is 0 Å². The van der Waals surface area contributed by atoms with E-state index >= 15 is 0 Å². The molecule has 1 amide bonds. The van der Waals surface area contributed by atoms with Crippen molar-refractivity contribution >= 4 is 17.3 Å². The van der Waals surface area contributed by atoms with Crippen molar-refractivity contribution in [3.8, 4) is 5.75 Å². The number of aryl methyl sites for hydroxylation is 1. The lowest BCUT2D eigenvalue weighted by atomic mass is 10.1. The maximum absolute atomic E-state index is 12.9. The minimum Gasteiger partial charge on any atom is -0.486 e. The lowest BCUT2D eigenvalue weighted by Gasteiger charge is -2.29. The van der Waals surface area contributed by atoms with Crippen LogP contribution in [-0.2, 0) is 11.3 Å². The zero-order valence-corrected chi connectivity index (χ0v) is 16.7. The molecule has 7 heteroatoms. The number of benzene rings is 2. The molecule has 1 aromatic heterocycles. The van der Waals surface area contributed by atoms with Crippen molar-refractivity contribution in [2.24, 2.45) is 0 Å².